The number of piperidine rings is 1. The van der Waals surface area contributed by atoms with E-state index in [0.29, 0.717) is 45.4 Å². The summed E-state index contributed by atoms with van der Waals surface area (Å²) in [6.45, 7) is 3.32. The van der Waals surface area contributed by atoms with Crippen molar-refractivity contribution in [1.29, 1.82) is 0 Å². The topological polar surface area (TPSA) is 95.9 Å². The minimum atomic E-state index is -0.993. The lowest BCUT2D eigenvalue weighted by molar-refractivity contribution is -0.143. The van der Waals surface area contributed by atoms with Crippen molar-refractivity contribution in [2.75, 3.05) is 19.7 Å². The van der Waals surface area contributed by atoms with Crippen LogP contribution in [0.2, 0.25) is 0 Å². The lowest BCUT2D eigenvalue weighted by Crippen LogP contribution is -2.47. The number of hydrogen-bond donors (Lipinski definition) is 2. The number of carboxylic acid groups (broad SMARTS) is 1. The molecule has 154 valence electrons. The molecule has 0 aliphatic carbocycles. The number of benzene rings is 1. The summed E-state index contributed by atoms with van der Waals surface area (Å²) in [5.41, 5.74) is 0. The molecule has 1 aliphatic rings. The Kier molecular flexibility index (Phi) is 8.78. The monoisotopic (exact) mass is 390 g/mol. The second-order valence-electron chi connectivity index (χ2n) is 7.11. The van der Waals surface area contributed by atoms with Gasteiger partial charge in [-0.3, -0.25) is 9.59 Å². The molecule has 1 aliphatic heterocycles. The molecule has 0 bridgehead atoms. The molecule has 28 heavy (non-hydrogen) atoms. The molecule has 2 amide bonds. The number of carboxylic acids is 1. The van der Waals surface area contributed by atoms with Gasteiger partial charge in [-0.25, -0.2) is 4.79 Å². The molecule has 0 aromatic heterocycles. The normalized spacial score (nSPS) is 15.7. The number of ether oxygens (including phenoxy) is 1. The van der Waals surface area contributed by atoms with Crippen molar-refractivity contribution < 1.29 is 24.2 Å². The number of aliphatic carboxylic acids is 1. The SMILES string of the molecule is CCCC[C@H](NC(=O)C1CCN(C(=O)CCOc2ccccc2)CC1)C(=O)O. The smallest absolute Gasteiger partial charge is 0.326 e. The first-order valence-electron chi connectivity index (χ1n) is 10.00. The summed E-state index contributed by atoms with van der Waals surface area (Å²) in [6, 6.07) is 8.52. The van der Waals surface area contributed by atoms with Crippen LogP contribution in [0, 0.1) is 5.92 Å². The first-order chi connectivity index (χ1) is 13.5. The van der Waals surface area contributed by atoms with Gasteiger partial charge in [-0.2, -0.15) is 0 Å². The second-order valence-corrected chi connectivity index (χ2v) is 7.11. The van der Waals surface area contributed by atoms with Crippen molar-refractivity contribution in [1.82, 2.24) is 10.2 Å². The molecule has 0 unspecified atom stereocenters. The predicted octanol–water partition coefficient (Wildman–Crippen LogP) is 2.45. The third-order valence-corrected chi connectivity index (χ3v) is 5.01. The Balaban J connectivity index is 1.71. The van der Waals surface area contributed by atoms with Crippen molar-refractivity contribution >= 4 is 17.8 Å². The summed E-state index contributed by atoms with van der Waals surface area (Å²) in [5.74, 6) is -0.702. The number of para-hydroxylation sites is 1. The number of likely N-dealkylation sites (tertiary alicyclic amines) is 1. The molecule has 1 fully saturated rings. The zero-order valence-corrected chi connectivity index (χ0v) is 16.4. The maximum absolute atomic E-state index is 12.4. The Bertz CT molecular complexity index is 641. The summed E-state index contributed by atoms with van der Waals surface area (Å²) in [4.78, 5) is 37.7. The van der Waals surface area contributed by atoms with E-state index in [-0.39, 0.29) is 17.7 Å². The number of nitrogens with zero attached hydrogens (tertiary/aromatic N) is 1. The van der Waals surface area contributed by atoms with Gasteiger partial charge in [0, 0.05) is 19.0 Å². The molecule has 1 aromatic rings. The number of unbranched alkanes of at least 4 members (excludes halogenated alkanes) is 1. The van der Waals surface area contributed by atoms with E-state index in [4.69, 9.17) is 4.74 Å². The molecule has 1 saturated heterocycles. The van der Waals surface area contributed by atoms with Crippen molar-refractivity contribution in [2.45, 2.75) is 51.5 Å². The van der Waals surface area contributed by atoms with E-state index in [2.05, 4.69) is 5.32 Å². The highest BCUT2D eigenvalue weighted by Crippen LogP contribution is 2.19. The summed E-state index contributed by atoms with van der Waals surface area (Å²) in [7, 11) is 0. The minimum absolute atomic E-state index is 0.0150. The standard InChI is InChI=1S/C21H30N2O5/c1-2-3-9-18(21(26)27)22-20(25)16-10-13-23(14-11-16)19(24)12-15-28-17-7-5-4-6-8-17/h4-8,16,18H,2-3,9-15H2,1H3,(H,22,25)(H,26,27)/t18-/m0/s1. The summed E-state index contributed by atoms with van der Waals surface area (Å²) in [6.07, 6.45) is 3.48. The molecule has 1 aromatic carbocycles. The summed E-state index contributed by atoms with van der Waals surface area (Å²) in [5, 5.41) is 11.9. The number of nitrogens with one attached hydrogen (secondary N) is 1. The van der Waals surface area contributed by atoms with Gasteiger partial charge in [0.1, 0.15) is 11.8 Å². The Hall–Kier alpha value is -2.57. The molecule has 0 spiro atoms. The van der Waals surface area contributed by atoms with Crippen LogP contribution in [0.15, 0.2) is 30.3 Å². The van der Waals surface area contributed by atoms with Crippen LogP contribution in [0.3, 0.4) is 0 Å². The molecule has 7 nitrogen and oxygen atoms in total. The van der Waals surface area contributed by atoms with Gasteiger partial charge >= 0.3 is 5.97 Å². The summed E-state index contributed by atoms with van der Waals surface area (Å²) >= 11 is 0. The van der Waals surface area contributed by atoms with E-state index < -0.39 is 12.0 Å². The Morgan fingerprint density at radius 1 is 1.21 bits per heavy atom. The third kappa shape index (κ3) is 6.87. The Labute approximate surface area is 166 Å². The molecule has 0 saturated carbocycles. The van der Waals surface area contributed by atoms with Crippen molar-refractivity contribution in [3.63, 3.8) is 0 Å². The molecular weight excluding hydrogens is 360 g/mol. The van der Waals surface area contributed by atoms with Crippen LogP contribution >= 0.6 is 0 Å². The van der Waals surface area contributed by atoms with Crippen LogP contribution in [-0.2, 0) is 14.4 Å². The maximum Gasteiger partial charge on any atom is 0.326 e. The van der Waals surface area contributed by atoms with Crippen molar-refractivity contribution in [3.8, 4) is 5.75 Å². The van der Waals surface area contributed by atoms with Gasteiger partial charge in [0.05, 0.1) is 13.0 Å². The highest BCUT2D eigenvalue weighted by atomic mass is 16.5. The van der Waals surface area contributed by atoms with E-state index >= 15 is 0 Å². The number of carbonyl (C=O) groups excluding carboxylic acids is 2. The highest BCUT2D eigenvalue weighted by Gasteiger charge is 2.29. The molecule has 2 N–H and O–H groups in total. The van der Waals surface area contributed by atoms with Gasteiger partial charge in [0.2, 0.25) is 11.8 Å². The average Bonchev–Trinajstić information content (AvgIpc) is 2.71. The maximum atomic E-state index is 12.4. The van der Waals surface area contributed by atoms with E-state index in [1.54, 1.807) is 4.90 Å². The quantitative estimate of drug-likeness (QED) is 0.640. The van der Waals surface area contributed by atoms with Gasteiger partial charge < -0.3 is 20.1 Å². The van der Waals surface area contributed by atoms with Gasteiger partial charge in [-0.15, -0.1) is 0 Å². The molecule has 2 rings (SSSR count). The van der Waals surface area contributed by atoms with Gasteiger partial charge in [0.15, 0.2) is 0 Å². The third-order valence-electron chi connectivity index (χ3n) is 5.01. The Morgan fingerprint density at radius 3 is 2.50 bits per heavy atom. The van der Waals surface area contributed by atoms with E-state index in [1.807, 2.05) is 37.3 Å². The predicted molar refractivity (Wildman–Crippen MR) is 105 cm³/mol. The number of carbonyl (C=O) groups is 3. The van der Waals surface area contributed by atoms with E-state index in [0.717, 1.165) is 18.6 Å². The van der Waals surface area contributed by atoms with Gasteiger partial charge in [-0.05, 0) is 31.4 Å². The zero-order chi connectivity index (χ0) is 20.4. The summed E-state index contributed by atoms with van der Waals surface area (Å²) < 4.78 is 5.56. The average molecular weight is 390 g/mol. The van der Waals surface area contributed by atoms with E-state index in [9.17, 15) is 19.5 Å². The molecule has 1 heterocycles. The molecule has 0 radical (unpaired) electrons. The first-order valence-corrected chi connectivity index (χ1v) is 10.00. The molecular formula is C21H30N2O5. The second kappa shape index (κ2) is 11.3. The first kappa shape index (κ1) is 21.7. The van der Waals surface area contributed by atoms with Crippen LogP contribution < -0.4 is 10.1 Å². The number of hydrogen-bond acceptors (Lipinski definition) is 4. The van der Waals surface area contributed by atoms with Crippen LogP contribution in [0.5, 0.6) is 5.75 Å². The van der Waals surface area contributed by atoms with Crippen LogP contribution in [0.1, 0.15) is 45.4 Å². The fourth-order valence-electron chi connectivity index (χ4n) is 3.28. The van der Waals surface area contributed by atoms with E-state index in [1.165, 1.54) is 0 Å². The number of rotatable bonds is 10. The van der Waals surface area contributed by atoms with Crippen LogP contribution in [0.4, 0.5) is 0 Å². The van der Waals surface area contributed by atoms with Crippen LogP contribution in [0.25, 0.3) is 0 Å². The van der Waals surface area contributed by atoms with Gasteiger partial charge in [0.25, 0.3) is 0 Å². The van der Waals surface area contributed by atoms with Crippen molar-refractivity contribution in [3.05, 3.63) is 30.3 Å². The minimum Gasteiger partial charge on any atom is -0.493 e. The zero-order valence-electron chi connectivity index (χ0n) is 16.4. The lowest BCUT2D eigenvalue weighted by Gasteiger charge is -2.32. The van der Waals surface area contributed by atoms with Gasteiger partial charge in [-0.1, -0.05) is 38.0 Å². The fourth-order valence-corrected chi connectivity index (χ4v) is 3.28. The molecule has 1 atom stereocenters. The molecule has 7 heteroatoms. The van der Waals surface area contributed by atoms with Crippen LogP contribution in [-0.4, -0.2) is 53.5 Å². The Morgan fingerprint density at radius 2 is 1.89 bits per heavy atom. The van der Waals surface area contributed by atoms with Crippen molar-refractivity contribution in [2.24, 2.45) is 5.92 Å². The fraction of sp³-hybridized carbons (Fsp3) is 0.571. The highest BCUT2D eigenvalue weighted by molar-refractivity contribution is 5.85. The lowest BCUT2D eigenvalue weighted by atomic mass is 9.95. The largest absolute Gasteiger partial charge is 0.493 e. The number of amides is 2.